The number of nitrogens with one attached hydrogen (secondary N) is 2. The van der Waals surface area contributed by atoms with Gasteiger partial charge in [-0.15, -0.1) is 0 Å². The highest BCUT2D eigenvalue weighted by Gasteiger charge is 2.32. The molecule has 0 saturated heterocycles. The maximum Gasteiger partial charge on any atom is 0.404 e. The third-order valence-corrected chi connectivity index (χ3v) is 2.35. The third kappa shape index (κ3) is 5.50. The smallest absolute Gasteiger partial charge is 0.404 e. The lowest BCUT2D eigenvalue weighted by Crippen LogP contribution is -2.49. The molecule has 0 heterocycles. The Balaban J connectivity index is 4.14. The van der Waals surface area contributed by atoms with Crippen LogP contribution in [0.4, 0.5) is 4.79 Å². The van der Waals surface area contributed by atoms with E-state index in [0.717, 1.165) is 0 Å². The first-order valence-corrected chi connectivity index (χ1v) is 5.27. The monoisotopic (exact) mass is 248 g/mol. The second kappa shape index (κ2) is 6.41. The molecule has 100 valence electrons. The van der Waals surface area contributed by atoms with Crippen molar-refractivity contribution in [3.8, 4) is 0 Å². The van der Waals surface area contributed by atoms with Gasteiger partial charge in [0, 0.05) is 18.0 Å². The average Bonchev–Trinajstić information content (AvgIpc) is 2.23. The zero-order valence-corrected chi connectivity index (χ0v) is 10.2. The first-order valence-electron chi connectivity index (χ1n) is 5.27. The van der Waals surface area contributed by atoms with E-state index < -0.39 is 29.6 Å². The number of amides is 2. The maximum atomic E-state index is 11.5. The lowest BCUT2D eigenvalue weighted by atomic mass is 9.87. The standard InChI is InChI=1S/C10H20N2O5/c1-6(12-9(16)17)4-11-8(15)7(14)10(2,3)5-13/h6-7,12-14H,4-5H2,1-3H3,(H,11,15)(H,16,17). The number of aliphatic hydroxyl groups excluding tert-OH is 2. The van der Waals surface area contributed by atoms with Gasteiger partial charge >= 0.3 is 6.09 Å². The van der Waals surface area contributed by atoms with Crippen molar-refractivity contribution in [3.05, 3.63) is 0 Å². The van der Waals surface area contributed by atoms with Crippen molar-refractivity contribution in [1.82, 2.24) is 10.6 Å². The number of aliphatic hydroxyl groups is 2. The van der Waals surface area contributed by atoms with Crippen LogP contribution < -0.4 is 10.6 Å². The molecule has 0 aliphatic rings. The van der Waals surface area contributed by atoms with Crippen LogP contribution in [0, 0.1) is 5.41 Å². The number of carbonyl (C=O) groups is 2. The predicted octanol–water partition coefficient (Wildman–Crippen LogP) is -0.862. The molecule has 0 aliphatic heterocycles. The van der Waals surface area contributed by atoms with E-state index in [-0.39, 0.29) is 13.2 Å². The average molecular weight is 248 g/mol. The van der Waals surface area contributed by atoms with Gasteiger partial charge in [-0.3, -0.25) is 4.79 Å². The number of hydrogen-bond donors (Lipinski definition) is 5. The second-order valence-corrected chi connectivity index (χ2v) is 4.64. The van der Waals surface area contributed by atoms with E-state index in [1.807, 2.05) is 0 Å². The van der Waals surface area contributed by atoms with Gasteiger partial charge in [0.2, 0.25) is 5.91 Å². The largest absolute Gasteiger partial charge is 0.465 e. The fourth-order valence-corrected chi connectivity index (χ4v) is 1.05. The topological polar surface area (TPSA) is 119 Å². The van der Waals surface area contributed by atoms with Gasteiger partial charge in [0.05, 0.1) is 6.61 Å². The van der Waals surface area contributed by atoms with Gasteiger partial charge in [0.1, 0.15) is 6.10 Å². The van der Waals surface area contributed by atoms with Crippen molar-refractivity contribution >= 4 is 12.0 Å². The lowest BCUT2D eigenvalue weighted by molar-refractivity contribution is -0.137. The molecule has 0 spiro atoms. The van der Waals surface area contributed by atoms with E-state index in [9.17, 15) is 14.7 Å². The molecule has 0 fully saturated rings. The molecule has 17 heavy (non-hydrogen) atoms. The zero-order chi connectivity index (χ0) is 13.6. The third-order valence-electron chi connectivity index (χ3n) is 2.35. The Kier molecular flexibility index (Phi) is 5.90. The minimum atomic E-state index is -1.34. The molecular formula is C10H20N2O5. The predicted molar refractivity (Wildman–Crippen MR) is 60.5 cm³/mol. The van der Waals surface area contributed by atoms with Crippen LogP contribution in [-0.4, -0.2) is 52.6 Å². The summed E-state index contributed by atoms with van der Waals surface area (Å²) in [6, 6.07) is -0.458. The van der Waals surface area contributed by atoms with Gasteiger partial charge in [-0.05, 0) is 6.92 Å². The highest BCUT2D eigenvalue weighted by molar-refractivity contribution is 5.81. The van der Waals surface area contributed by atoms with E-state index >= 15 is 0 Å². The van der Waals surface area contributed by atoms with Crippen LogP contribution in [-0.2, 0) is 4.79 Å². The van der Waals surface area contributed by atoms with Crippen molar-refractivity contribution in [2.75, 3.05) is 13.2 Å². The van der Waals surface area contributed by atoms with Crippen LogP contribution in [0.3, 0.4) is 0 Å². The van der Waals surface area contributed by atoms with Crippen molar-refractivity contribution < 1.29 is 24.9 Å². The Hall–Kier alpha value is -1.34. The highest BCUT2D eigenvalue weighted by atomic mass is 16.4. The minimum Gasteiger partial charge on any atom is -0.465 e. The van der Waals surface area contributed by atoms with Gasteiger partial charge in [-0.2, -0.15) is 0 Å². The first-order chi connectivity index (χ1) is 7.70. The van der Waals surface area contributed by atoms with E-state index in [1.54, 1.807) is 20.8 Å². The maximum absolute atomic E-state index is 11.5. The minimum absolute atomic E-state index is 0.0731. The van der Waals surface area contributed by atoms with Crippen LogP contribution in [0.15, 0.2) is 0 Å². The Bertz CT molecular complexity index is 280. The van der Waals surface area contributed by atoms with Crippen LogP contribution in [0.2, 0.25) is 0 Å². The molecule has 0 aromatic carbocycles. The Morgan fingerprint density at radius 1 is 1.35 bits per heavy atom. The van der Waals surface area contributed by atoms with Crippen molar-refractivity contribution in [2.24, 2.45) is 5.41 Å². The van der Waals surface area contributed by atoms with Crippen LogP contribution in [0.5, 0.6) is 0 Å². The van der Waals surface area contributed by atoms with E-state index in [2.05, 4.69) is 10.6 Å². The summed E-state index contributed by atoms with van der Waals surface area (Å²) in [5.41, 5.74) is -0.937. The van der Waals surface area contributed by atoms with Crippen molar-refractivity contribution in [3.63, 3.8) is 0 Å². The molecule has 2 amide bonds. The van der Waals surface area contributed by atoms with Gasteiger partial charge in [0.15, 0.2) is 0 Å². The molecule has 0 aromatic rings. The summed E-state index contributed by atoms with van der Waals surface area (Å²) in [6.45, 7) is 4.43. The van der Waals surface area contributed by atoms with Crippen molar-refractivity contribution in [2.45, 2.75) is 32.9 Å². The molecule has 7 heteroatoms. The molecule has 0 radical (unpaired) electrons. The first kappa shape index (κ1) is 15.7. The molecule has 2 atom stereocenters. The second-order valence-electron chi connectivity index (χ2n) is 4.64. The van der Waals surface area contributed by atoms with Gasteiger partial charge in [0.25, 0.3) is 0 Å². The summed E-state index contributed by atoms with van der Waals surface area (Å²) < 4.78 is 0. The number of carbonyl (C=O) groups excluding carboxylic acids is 1. The van der Waals surface area contributed by atoms with Gasteiger partial charge in [-0.25, -0.2) is 4.79 Å². The molecule has 0 aromatic heterocycles. The Morgan fingerprint density at radius 3 is 2.29 bits per heavy atom. The van der Waals surface area contributed by atoms with E-state index in [1.165, 1.54) is 0 Å². The summed E-state index contributed by atoms with van der Waals surface area (Å²) in [5.74, 6) is -0.636. The van der Waals surface area contributed by atoms with Crippen LogP contribution in [0.1, 0.15) is 20.8 Å². The normalized spacial score (nSPS) is 14.9. The van der Waals surface area contributed by atoms with Gasteiger partial charge < -0.3 is 26.0 Å². The SMILES string of the molecule is CC(CNC(=O)C(O)C(C)(C)CO)NC(=O)O. The summed E-state index contributed by atoms with van der Waals surface area (Å²) in [6.07, 6.45) is -2.52. The highest BCUT2D eigenvalue weighted by Crippen LogP contribution is 2.19. The Labute approximate surface area is 99.8 Å². The lowest BCUT2D eigenvalue weighted by Gasteiger charge is -2.27. The molecule has 0 rings (SSSR count). The van der Waals surface area contributed by atoms with E-state index in [0.29, 0.717) is 0 Å². The summed E-state index contributed by atoms with van der Waals surface area (Å²) in [5, 5.41) is 31.6. The van der Waals surface area contributed by atoms with Gasteiger partial charge in [-0.1, -0.05) is 13.8 Å². The number of hydrogen-bond acceptors (Lipinski definition) is 4. The number of carboxylic acid groups (broad SMARTS) is 1. The van der Waals surface area contributed by atoms with Crippen LogP contribution >= 0.6 is 0 Å². The molecule has 2 unspecified atom stereocenters. The quantitative estimate of drug-likeness (QED) is 0.419. The number of rotatable bonds is 6. The Morgan fingerprint density at radius 2 is 1.88 bits per heavy atom. The van der Waals surface area contributed by atoms with Crippen molar-refractivity contribution in [1.29, 1.82) is 0 Å². The fourth-order valence-electron chi connectivity index (χ4n) is 1.05. The molecule has 0 aliphatic carbocycles. The fraction of sp³-hybridized carbons (Fsp3) is 0.800. The summed E-state index contributed by atoms with van der Waals surface area (Å²) >= 11 is 0. The van der Waals surface area contributed by atoms with Crippen LogP contribution in [0.25, 0.3) is 0 Å². The zero-order valence-electron chi connectivity index (χ0n) is 10.2. The molecule has 0 bridgehead atoms. The summed E-state index contributed by atoms with van der Waals surface area (Å²) in [4.78, 5) is 21.8. The molecular weight excluding hydrogens is 228 g/mol. The molecule has 5 N–H and O–H groups in total. The van der Waals surface area contributed by atoms with E-state index in [4.69, 9.17) is 10.2 Å². The summed E-state index contributed by atoms with van der Waals surface area (Å²) in [7, 11) is 0. The molecule has 7 nitrogen and oxygen atoms in total. The molecule has 0 saturated carbocycles.